The quantitative estimate of drug-likeness (QED) is 0.837. The van der Waals surface area contributed by atoms with Crippen molar-refractivity contribution in [2.45, 2.75) is 25.7 Å². The molecule has 8 heteroatoms. The van der Waals surface area contributed by atoms with Crippen LogP contribution in [0.15, 0.2) is 36.7 Å². The normalized spacial score (nSPS) is 19.3. The van der Waals surface area contributed by atoms with Gasteiger partial charge in [0.1, 0.15) is 23.7 Å². The number of carbonyl (C=O) groups excluding carboxylic acids is 2. The van der Waals surface area contributed by atoms with E-state index >= 15 is 0 Å². The molecule has 2 aromatic rings. The van der Waals surface area contributed by atoms with Crippen molar-refractivity contribution in [1.82, 2.24) is 9.97 Å². The van der Waals surface area contributed by atoms with E-state index in [9.17, 15) is 9.59 Å². The maximum Gasteiger partial charge on any atom is 0.230 e. The van der Waals surface area contributed by atoms with E-state index in [1.54, 1.807) is 24.1 Å². The molecule has 0 saturated carbocycles. The zero-order valence-corrected chi connectivity index (χ0v) is 16.5. The van der Waals surface area contributed by atoms with Crippen LogP contribution in [-0.2, 0) is 9.59 Å². The van der Waals surface area contributed by atoms with Crippen molar-refractivity contribution in [2.75, 3.05) is 41.9 Å². The average Bonchev–Trinajstić information content (AvgIpc) is 3.16. The molecule has 2 amide bonds. The predicted molar refractivity (Wildman–Crippen MR) is 110 cm³/mol. The van der Waals surface area contributed by atoms with Crippen LogP contribution in [0.1, 0.15) is 25.7 Å². The lowest BCUT2D eigenvalue weighted by molar-refractivity contribution is -0.122. The van der Waals surface area contributed by atoms with Gasteiger partial charge in [-0.2, -0.15) is 0 Å². The second-order valence-corrected chi connectivity index (χ2v) is 7.41. The first-order valence-corrected chi connectivity index (χ1v) is 9.96. The van der Waals surface area contributed by atoms with E-state index in [4.69, 9.17) is 4.74 Å². The number of methoxy groups -OCH3 is 1. The summed E-state index contributed by atoms with van der Waals surface area (Å²) in [5.41, 5.74) is 0.735. The number of amides is 2. The lowest BCUT2D eigenvalue weighted by Gasteiger charge is -2.27. The van der Waals surface area contributed by atoms with Crippen molar-refractivity contribution in [3.8, 4) is 5.75 Å². The fraction of sp³-hybridized carbons (Fsp3) is 0.429. The van der Waals surface area contributed by atoms with Gasteiger partial charge in [0.25, 0.3) is 0 Å². The van der Waals surface area contributed by atoms with Gasteiger partial charge < -0.3 is 19.9 Å². The molecule has 2 aliphatic heterocycles. The van der Waals surface area contributed by atoms with E-state index in [1.165, 1.54) is 12.7 Å². The van der Waals surface area contributed by atoms with E-state index in [-0.39, 0.29) is 18.2 Å². The van der Waals surface area contributed by atoms with E-state index in [0.29, 0.717) is 18.1 Å². The molecule has 29 heavy (non-hydrogen) atoms. The first-order valence-electron chi connectivity index (χ1n) is 9.96. The Morgan fingerprint density at radius 3 is 2.79 bits per heavy atom. The van der Waals surface area contributed by atoms with Gasteiger partial charge in [-0.25, -0.2) is 9.97 Å². The second kappa shape index (κ2) is 8.46. The molecule has 1 unspecified atom stereocenters. The Hall–Kier alpha value is -3.16. The topological polar surface area (TPSA) is 87.7 Å². The molecule has 2 saturated heterocycles. The highest BCUT2D eigenvalue weighted by molar-refractivity contribution is 6.03. The summed E-state index contributed by atoms with van der Waals surface area (Å²) in [6.45, 7) is 2.27. The molecule has 0 spiro atoms. The summed E-state index contributed by atoms with van der Waals surface area (Å²) in [5.74, 6) is 1.27. The van der Waals surface area contributed by atoms with Gasteiger partial charge in [-0.15, -0.1) is 0 Å². The Morgan fingerprint density at radius 2 is 2.00 bits per heavy atom. The van der Waals surface area contributed by atoms with Gasteiger partial charge in [0, 0.05) is 43.9 Å². The number of ether oxygens (including phenoxy) is 1. The summed E-state index contributed by atoms with van der Waals surface area (Å²) < 4.78 is 5.23. The standard InChI is InChI=1S/C21H25N5O3/c1-29-17-7-5-6-16(11-17)26-13-15(10-20(26)27)21(28)24-18-12-19(23-14-22-18)25-8-3-2-4-9-25/h5-7,11-12,14-15H,2-4,8-10,13H2,1H3,(H,22,23,24,28). The number of nitrogens with one attached hydrogen (secondary N) is 1. The number of hydrogen-bond acceptors (Lipinski definition) is 6. The summed E-state index contributed by atoms with van der Waals surface area (Å²) in [6.07, 6.45) is 5.19. The number of piperidine rings is 1. The lowest BCUT2D eigenvalue weighted by Crippen LogP contribution is -2.30. The molecule has 0 aliphatic carbocycles. The Bertz CT molecular complexity index is 897. The van der Waals surface area contributed by atoms with E-state index in [0.717, 1.165) is 37.4 Å². The molecule has 4 rings (SSSR count). The van der Waals surface area contributed by atoms with Crippen LogP contribution in [0.3, 0.4) is 0 Å². The number of hydrogen-bond donors (Lipinski definition) is 1. The maximum absolute atomic E-state index is 12.8. The first-order chi connectivity index (χ1) is 14.1. The van der Waals surface area contributed by atoms with Crippen LogP contribution < -0.4 is 19.9 Å². The molecular weight excluding hydrogens is 370 g/mol. The van der Waals surface area contributed by atoms with E-state index in [2.05, 4.69) is 20.2 Å². The van der Waals surface area contributed by atoms with E-state index in [1.807, 2.05) is 18.2 Å². The summed E-state index contributed by atoms with van der Waals surface area (Å²) in [6, 6.07) is 9.10. The van der Waals surface area contributed by atoms with Gasteiger partial charge in [-0.05, 0) is 31.4 Å². The van der Waals surface area contributed by atoms with Crippen LogP contribution in [0.25, 0.3) is 0 Å². The monoisotopic (exact) mass is 395 g/mol. The smallest absolute Gasteiger partial charge is 0.230 e. The van der Waals surface area contributed by atoms with Crippen molar-refractivity contribution in [3.63, 3.8) is 0 Å². The average molecular weight is 395 g/mol. The molecule has 3 heterocycles. The highest BCUT2D eigenvalue weighted by atomic mass is 16.5. The van der Waals surface area contributed by atoms with Crippen molar-refractivity contribution in [2.24, 2.45) is 5.92 Å². The molecule has 2 fully saturated rings. The van der Waals surface area contributed by atoms with Crippen LogP contribution in [-0.4, -0.2) is 48.5 Å². The number of carbonyl (C=O) groups is 2. The maximum atomic E-state index is 12.8. The second-order valence-electron chi connectivity index (χ2n) is 7.41. The van der Waals surface area contributed by atoms with Crippen LogP contribution in [0, 0.1) is 5.92 Å². The minimum Gasteiger partial charge on any atom is -0.497 e. The fourth-order valence-electron chi connectivity index (χ4n) is 3.85. The van der Waals surface area contributed by atoms with Gasteiger partial charge in [-0.3, -0.25) is 9.59 Å². The van der Waals surface area contributed by atoms with Crippen molar-refractivity contribution >= 4 is 29.1 Å². The number of rotatable bonds is 5. The van der Waals surface area contributed by atoms with Crippen LogP contribution >= 0.6 is 0 Å². The zero-order chi connectivity index (χ0) is 20.2. The summed E-state index contributed by atoms with van der Waals surface area (Å²) in [5, 5.41) is 2.86. The minimum absolute atomic E-state index is 0.0740. The Balaban J connectivity index is 1.42. The van der Waals surface area contributed by atoms with Gasteiger partial charge in [0.15, 0.2) is 0 Å². The number of nitrogens with zero attached hydrogens (tertiary/aromatic N) is 4. The third kappa shape index (κ3) is 4.31. The molecule has 1 N–H and O–H groups in total. The van der Waals surface area contributed by atoms with Crippen molar-refractivity contribution in [3.05, 3.63) is 36.7 Å². The summed E-state index contributed by atoms with van der Waals surface area (Å²) >= 11 is 0. The SMILES string of the molecule is COc1cccc(N2CC(C(=O)Nc3cc(N4CCCCC4)ncn3)CC2=O)c1. The molecular formula is C21H25N5O3. The highest BCUT2D eigenvalue weighted by Crippen LogP contribution is 2.28. The van der Waals surface area contributed by atoms with Crippen LogP contribution in [0.5, 0.6) is 5.75 Å². The Kier molecular flexibility index (Phi) is 5.59. The van der Waals surface area contributed by atoms with Gasteiger partial charge in [-0.1, -0.05) is 6.07 Å². The molecule has 8 nitrogen and oxygen atoms in total. The van der Waals surface area contributed by atoms with Crippen molar-refractivity contribution < 1.29 is 14.3 Å². The molecule has 0 bridgehead atoms. The van der Waals surface area contributed by atoms with Crippen LogP contribution in [0.2, 0.25) is 0 Å². The molecule has 152 valence electrons. The third-order valence-corrected chi connectivity index (χ3v) is 5.44. The van der Waals surface area contributed by atoms with Gasteiger partial charge >= 0.3 is 0 Å². The van der Waals surface area contributed by atoms with Gasteiger partial charge in [0.05, 0.1) is 13.0 Å². The fourth-order valence-corrected chi connectivity index (χ4v) is 3.85. The molecule has 1 aromatic carbocycles. The van der Waals surface area contributed by atoms with Crippen molar-refractivity contribution in [1.29, 1.82) is 0 Å². The molecule has 0 radical (unpaired) electrons. The molecule has 1 atom stereocenters. The van der Waals surface area contributed by atoms with Gasteiger partial charge in [0.2, 0.25) is 11.8 Å². The Labute approximate surface area is 169 Å². The largest absolute Gasteiger partial charge is 0.497 e. The summed E-state index contributed by atoms with van der Waals surface area (Å²) in [4.78, 5) is 37.6. The first kappa shape index (κ1) is 19.2. The summed E-state index contributed by atoms with van der Waals surface area (Å²) in [7, 11) is 1.58. The van der Waals surface area contributed by atoms with E-state index < -0.39 is 5.92 Å². The number of benzene rings is 1. The Morgan fingerprint density at radius 1 is 1.17 bits per heavy atom. The molecule has 2 aliphatic rings. The molecule has 1 aromatic heterocycles. The predicted octanol–water partition coefficient (Wildman–Crippen LogP) is 2.47. The zero-order valence-electron chi connectivity index (χ0n) is 16.5. The lowest BCUT2D eigenvalue weighted by atomic mass is 10.1. The van der Waals surface area contributed by atoms with Crippen LogP contribution in [0.4, 0.5) is 17.3 Å². The third-order valence-electron chi connectivity index (χ3n) is 5.44. The number of aromatic nitrogens is 2. The highest BCUT2D eigenvalue weighted by Gasteiger charge is 2.35. The minimum atomic E-state index is -0.429. The number of anilines is 3.